The Morgan fingerprint density at radius 2 is 2.20 bits per heavy atom. The van der Waals surface area contributed by atoms with Crippen LogP contribution in [0.3, 0.4) is 0 Å². The lowest BCUT2D eigenvalue weighted by Gasteiger charge is -2.08. The number of thiazole rings is 1. The molecule has 20 heavy (non-hydrogen) atoms. The first-order valence-corrected chi connectivity index (χ1v) is 7.48. The quantitative estimate of drug-likeness (QED) is 0.820. The van der Waals surface area contributed by atoms with Gasteiger partial charge in [0.25, 0.3) is 0 Å². The van der Waals surface area contributed by atoms with Crippen LogP contribution >= 0.6 is 11.3 Å². The average molecular weight is 291 g/mol. The number of nitrogens with zero attached hydrogens (tertiary/aromatic N) is 2. The van der Waals surface area contributed by atoms with Crippen LogP contribution in [-0.4, -0.2) is 27.6 Å². The fourth-order valence-electron chi connectivity index (χ4n) is 1.87. The minimum absolute atomic E-state index is 0.277. The Bertz CT molecular complexity index is 570. The number of rotatable bonds is 7. The number of carbonyl (C=O) groups is 1. The molecule has 6 heteroatoms. The molecule has 0 amide bonds. The van der Waals surface area contributed by atoms with Crippen LogP contribution in [-0.2, 0) is 12.8 Å². The molecule has 0 atom stereocenters. The molecule has 2 rings (SSSR count). The van der Waals surface area contributed by atoms with Gasteiger partial charge in [0.15, 0.2) is 0 Å². The van der Waals surface area contributed by atoms with Gasteiger partial charge in [0.05, 0.1) is 16.8 Å². The maximum absolute atomic E-state index is 11.1. The lowest BCUT2D eigenvalue weighted by Crippen LogP contribution is -2.09. The third-order valence-electron chi connectivity index (χ3n) is 2.80. The summed E-state index contributed by atoms with van der Waals surface area (Å²) in [4.78, 5) is 19.7. The summed E-state index contributed by atoms with van der Waals surface area (Å²) in [6.45, 7) is 2.73. The highest BCUT2D eigenvalue weighted by Crippen LogP contribution is 2.12. The first kappa shape index (κ1) is 14.5. The van der Waals surface area contributed by atoms with Gasteiger partial charge >= 0.3 is 5.97 Å². The zero-order valence-electron chi connectivity index (χ0n) is 11.3. The molecule has 0 saturated heterocycles. The summed E-state index contributed by atoms with van der Waals surface area (Å²) >= 11 is 1.57. The lowest BCUT2D eigenvalue weighted by atomic mass is 10.1. The molecule has 2 heterocycles. The van der Waals surface area contributed by atoms with Crippen molar-refractivity contribution in [1.82, 2.24) is 9.97 Å². The summed E-state index contributed by atoms with van der Waals surface area (Å²) in [5, 5.41) is 14.3. The number of anilines is 1. The number of aromatic nitrogens is 2. The molecule has 5 nitrogen and oxygen atoms in total. The number of carboxylic acids is 1. The van der Waals surface area contributed by atoms with Gasteiger partial charge in [-0.3, -0.25) is 0 Å². The normalized spacial score (nSPS) is 10.4. The zero-order valence-corrected chi connectivity index (χ0v) is 12.1. The number of hydrogen-bond acceptors (Lipinski definition) is 5. The van der Waals surface area contributed by atoms with Crippen molar-refractivity contribution in [3.63, 3.8) is 0 Å². The molecule has 0 radical (unpaired) electrons. The number of hydrogen-bond donors (Lipinski definition) is 2. The van der Waals surface area contributed by atoms with E-state index in [9.17, 15) is 4.79 Å². The Balaban J connectivity index is 2.03. The van der Waals surface area contributed by atoms with Gasteiger partial charge in [-0.05, 0) is 18.6 Å². The van der Waals surface area contributed by atoms with E-state index in [1.165, 1.54) is 0 Å². The smallest absolute Gasteiger partial charge is 0.335 e. The Morgan fingerprint density at radius 1 is 1.35 bits per heavy atom. The second kappa shape index (κ2) is 7.00. The van der Waals surface area contributed by atoms with Crippen LogP contribution in [0.1, 0.15) is 35.1 Å². The maximum atomic E-state index is 11.1. The summed E-state index contributed by atoms with van der Waals surface area (Å²) in [5.74, 6) is -0.309. The molecule has 0 saturated carbocycles. The predicted octanol–water partition coefficient (Wildman–Crippen LogP) is 2.84. The topological polar surface area (TPSA) is 75.1 Å². The van der Waals surface area contributed by atoms with Gasteiger partial charge in [0.2, 0.25) is 0 Å². The first-order chi connectivity index (χ1) is 9.69. The minimum Gasteiger partial charge on any atom is -0.478 e. The van der Waals surface area contributed by atoms with E-state index in [4.69, 9.17) is 5.11 Å². The predicted molar refractivity (Wildman–Crippen MR) is 79.5 cm³/mol. The van der Waals surface area contributed by atoms with Gasteiger partial charge in [-0.2, -0.15) is 0 Å². The number of aryl methyl sites for hydroxylation is 1. The monoisotopic (exact) mass is 291 g/mol. The molecule has 0 aliphatic heterocycles. The molecule has 0 aliphatic rings. The first-order valence-electron chi connectivity index (χ1n) is 6.54. The van der Waals surface area contributed by atoms with Gasteiger partial charge in [-0.25, -0.2) is 14.8 Å². The molecule has 106 valence electrons. The highest BCUT2D eigenvalue weighted by atomic mass is 32.1. The summed E-state index contributed by atoms with van der Waals surface area (Å²) < 4.78 is 0. The zero-order chi connectivity index (χ0) is 14.4. The maximum Gasteiger partial charge on any atom is 0.335 e. The van der Waals surface area contributed by atoms with Gasteiger partial charge in [-0.15, -0.1) is 11.3 Å². The molecule has 0 fully saturated rings. The van der Waals surface area contributed by atoms with E-state index in [1.807, 2.05) is 12.3 Å². The Kier molecular flexibility index (Phi) is 5.06. The van der Waals surface area contributed by atoms with E-state index in [0.717, 1.165) is 30.7 Å². The van der Waals surface area contributed by atoms with Crippen molar-refractivity contribution < 1.29 is 9.90 Å². The van der Waals surface area contributed by atoms with E-state index in [0.29, 0.717) is 12.4 Å². The van der Waals surface area contributed by atoms with E-state index >= 15 is 0 Å². The molecule has 2 aromatic rings. The average Bonchev–Trinajstić information content (AvgIpc) is 2.92. The summed E-state index contributed by atoms with van der Waals surface area (Å²) in [6.07, 6.45) is 2.52. The van der Waals surface area contributed by atoms with E-state index in [2.05, 4.69) is 15.3 Å². The van der Waals surface area contributed by atoms with Crippen molar-refractivity contribution in [2.24, 2.45) is 0 Å². The number of nitrogens with one attached hydrogen (secondary N) is 1. The third-order valence-corrected chi connectivity index (χ3v) is 3.44. The largest absolute Gasteiger partial charge is 0.478 e. The van der Waals surface area contributed by atoms with Crippen molar-refractivity contribution in [2.75, 3.05) is 11.9 Å². The van der Waals surface area contributed by atoms with E-state index in [-0.39, 0.29) is 5.56 Å². The molecular weight excluding hydrogens is 274 g/mol. The lowest BCUT2D eigenvalue weighted by molar-refractivity contribution is 0.0696. The van der Waals surface area contributed by atoms with E-state index in [1.54, 1.807) is 29.0 Å². The number of pyridine rings is 1. The van der Waals surface area contributed by atoms with Crippen LogP contribution in [0, 0.1) is 0 Å². The van der Waals surface area contributed by atoms with E-state index < -0.39 is 5.97 Å². The molecule has 2 aromatic heterocycles. The van der Waals surface area contributed by atoms with Gasteiger partial charge in [-0.1, -0.05) is 13.3 Å². The molecule has 0 unspecified atom stereocenters. The number of carboxylic acid groups (broad SMARTS) is 1. The van der Waals surface area contributed by atoms with Crippen LogP contribution in [0.4, 0.5) is 5.82 Å². The standard InChI is InChI=1S/C14H17N3O2S/c1-2-3-11-6-10(14(18)19)7-13(17-11)15-5-4-12-8-20-9-16-12/h6-9H,2-5H2,1H3,(H,15,17)(H,18,19). The molecule has 0 bridgehead atoms. The molecule has 2 N–H and O–H groups in total. The van der Waals surface area contributed by atoms with Crippen molar-refractivity contribution in [3.05, 3.63) is 40.0 Å². The molecular formula is C14H17N3O2S. The second-order valence-electron chi connectivity index (χ2n) is 4.44. The SMILES string of the molecule is CCCc1cc(C(=O)O)cc(NCCc2cscn2)n1. The fraction of sp³-hybridized carbons (Fsp3) is 0.357. The van der Waals surface area contributed by atoms with Gasteiger partial charge < -0.3 is 10.4 Å². The van der Waals surface area contributed by atoms with Crippen molar-refractivity contribution in [2.45, 2.75) is 26.2 Å². The minimum atomic E-state index is -0.924. The molecule has 0 spiro atoms. The fourth-order valence-corrected chi connectivity index (χ4v) is 2.46. The van der Waals surface area contributed by atoms with Gasteiger partial charge in [0.1, 0.15) is 5.82 Å². The van der Waals surface area contributed by atoms with Crippen LogP contribution in [0.25, 0.3) is 0 Å². The Hall–Kier alpha value is -1.95. The van der Waals surface area contributed by atoms with Crippen LogP contribution in [0.15, 0.2) is 23.0 Å². The van der Waals surface area contributed by atoms with Crippen LogP contribution in [0.2, 0.25) is 0 Å². The molecule has 0 aliphatic carbocycles. The summed E-state index contributed by atoms with van der Waals surface area (Å²) in [5.41, 5.74) is 3.92. The highest BCUT2D eigenvalue weighted by molar-refractivity contribution is 7.07. The van der Waals surface area contributed by atoms with Crippen LogP contribution in [0.5, 0.6) is 0 Å². The summed E-state index contributed by atoms with van der Waals surface area (Å²) in [7, 11) is 0. The third kappa shape index (κ3) is 4.03. The Labute approximate surface area is 121 Å². The summed E-state index contributed by atoms with van der Waals surface area (Å²) in [6, 6.07) is 3.21. The second-order valence-corrected chi connectivity index (χ2v) is 5.16. The van der Waals surface area contributed by atoms with Gasteiger partial charge in [0, 0.05) is 24.0 Å². The van der Waals surface area contributed by atoms with Crippen molar-refractivity contribution >= 4 is 23.1 Å². The number of aromatic carboxylic acids is 1. The van der Waals surface area contributed by atoms with Crippen LogP contribution < -0.4 is 5.32 Å². The highest BCUT2D eigenvalue weighted by Gasteiger charge is 2.08. The van der Waals surface area contributed by atoms with Crippen molar-refractivity contribution in [1.29, 1.82) is 0 Å². The Morgan fingerprint density at radius 3 is 2.85 bits per heavy atom. The molecule has 0 aromatic carbocycles. The van der Waals surface area contributed by atoms with Crippen molar-refractivity contribution in [3.8, 4) is 0 Å².